The fourth-order valence-corrected chi connectivity index (χ4v) is 3.10. The summed E-state index contributed by atoms with van der Waals surface area (Å²) >= 11 is 7.52. The highest BCUT2D eigenvalue weighted by Gasteiger charge is 2.25. The van der Waals surface area contributed by atoms with Gasteiger partial charge in [-0.3, -0.25) is 5.10 Å². The van der Waals surface area contributed by atoms with E-state index in [-0.39, 0.29) is 1.43 Å². The first-order chi connectivity index (χ1) is 11.2. The number of rotatable bonds is 4. The fraction of sp³-hybridized carbons (Fsp3) is 0.200. The maximum atomic E-state index is 8.92. The van der Waals surface area contributed by atoms with Gasteiger partial charge in [0.1, 0.15) is 16.0 Å². The lowest BCUT2D eigenvalue weighted by Gasteiger charge is -2.05. The molecule has 3 aromatic heterocycles. The number of aromatic amines is 1. The Bertz CT molecular complexity index is 911. The van der Waals surface area contributed by atoms with Gasteiger partial charge in [-0.1, -0.05) is 11.6 Å². The van der Waals surface area contributed by atoms with Crippen LogP contribution in [0, 0.1) is 11.3 Å². The number of nitrogens with zero attached hydrogens (tertiary/aromatic N) is 4. The molecule has 3 aromatic rings. The topological polar surface area (TPSA) is 90.3 Å². The van der Waals surface area contributed by atoms with Crippen LogP contribution in [0.2, 0.25) is 5.02 Å². The Balaban J connectivity index is 0.00000169. The third-order valence-corrected chi connectivity index (χ3v) is 4.80. The van der Waals surface area contributed by atoms with Crippen LogP contribution >= 0.6 is 22.9 Å². The molecule has 0 amide bonds. The number of hydrogen-bond donors (Lipinski definition) is 2. The molecule has 23 heavy (non-hydrogen) atoms. The molecular weight excluding hydrogens is 332 g/mol. The third kappa shape index (κ3) is 2.91. The van der Waals surface area contributed by atoms with Crippen LogP contribution in [0.4, 0.5) is 11.6 Å². The summed E-state index contributed by atoms with van der Waals surface area (Å²) in [4.78, 5) is 10.1. The summed E-state index contributed by atoms with van der Waals surface area (Å²) in [6.07, 6.45) is 3.96. The van der Waals surface area contributed by atoms with E-state index in [0.717, 1.165) is 10.6 Å². The van der Waals surface area contributed by atoms with Crippen LogP contribution in [0.3, 0.4) is 0 Å². The predicted octanol–water partition coefficient (Wildman–Crippen LogP) is 4.32. The first kappa shape index (κ1) is 14.2. The molecule has 1 saturated carbocycles. The number of thiophene rings is 1. The molecule has 116 valence electrons. The summed E-state index contributed by atoms with van der Waals surface area (Å²) in [5.41, 5.74) is 1.13. The van der Waals surface area contributed by atoms with E-state index in [1.54, 1.807) is 12.3 Å². The zero-order chi connectivity index (χ0) is 15.8. The maximum absolute atomic E-state index is 8.92. The number of hydrogen-bond acceptors (Lipinski definition) is 6. The van der Waals surface area contributed by atoms with Gasteiger partial charge in [0, 0.05) is 19.1 Å². The van der Waals surface area contributed by atoms with Crippen molar-refractivity contribution in [2.24, 2.45) is 0 Å². The summed E-state index contributed by atoms with van der Waals surface area (Å²) in [6.45, 7) is 0. The molecule has 0 saturated heterocycles. The Morgan fingerprint density at radius 2 is 2.30 bits per heavy atom. The van der Waals surface area contributed by atoms with Gasteiger partial charge in [0.15, 0.2) is 17.5 Å². The Labute approximate surface area is 142 Å². The van der Waals surface area contributed by atoms with Crippen molar-refractivity contribution in [1.29, 1.82) is 5.26 Å². The Hall–Kier alpha value is -2.43. The Morgan fingerprint density at radius 1 is 1.43 bits per heavy atom. The molecule has 1 aliphatic carbocycles. The lowest BCUT2D eigenvalue weighted by molar-refractivity contribution is 0.966. The molecule has 0 atom stereocenters. The van der Waals surface area contributed by atoms with Crippen molar-refractivity contribution in [3.63, 3.8) is 0 Å². The number of nitrogens with one attached hydrogen (secondary N) is 2. The zero-order valence-electron chi connectivity index (χ0n) is 11.9. The van der Waals surface area contributed by atoms with Gasteiger partial charge in [-0.2, -0.15) is 10.4 Å². The third-order valence-electron chi connectivity index (χ3n) is 3.54. The van der Waals surface area contributed by atoms with Crippen LogP contribution in [0.1, 0.15) is 30.8 Å². The average Bonchev–Trinajstić information content (AvgIpc) is 3.11. The van der Waals surface area contributed by atoms with Crippen LogP contribution < -0.4 is 5.32 Å². The highest BCUT2D eigenvalue weighted by Crippen LogP contribution is 2.39. The van der Waals surface area contributed by atoms with Crippen molar-refractivity contribution >= 4 is 34.6 Å². The minimum atomic E-state index is 0. The molecule has 0 radical (unpaired) electrons. The van der Waals surface area contributed by atoms with Gasteiger partial charge in [0.2, 0.25) is 0 Å². The first-order valence-electron chi connectivity index (χ1n) is 7.08. The van der Waals surface area contributed by atoms with Crippen molar-refractivity contribution in [1.82, 2.24) is 20.2 Å². The van der Waals surface area contributed by atoms with Crippen molar-refractivity contribution in [3.05, 3.63) is 40.0 Å². The van der Waals surface area contributed by atoms with Gasteiger partial charge in [0.05, 0.1) is 11.1 Å². The van der Waals surface area contributed by atoms with Gasteiger partial charge in [0.25, 0.3) is 0 Å². The normalized spacial score (nSPS) is 13.7. The maximum Gasteiger partial charge on any atom is 0.171 e. The first-order valence-corrected chi connectivity index (χ1v) is 8.27. The molecule has 3 heterocycles. The highest BCUT2D eigenvalue weighted by atomic mass is 35.5. The van der Waals surface area contributed by atoms with E-state index in [9.17, 15) is 0 Å². The van der Waals surface area contributed by atoms with Crippen LogP contribution in [0.25, 0.3) is 10.7 Å². The van der Waals surface area contributed by atoms with E-state index < -0.39 is 0 Å². The number of aromatic nitrogens is 4. The number of anilines is 2. The summed E-state index contributed by atoms with van der Waals surface area (Å²) in [5.74, 6) is 2.31. The van der Waals surface area contributed by atoms with Gasteiger partial charge in [-0.05, 0) is 25.0 Å². The van der Waals surface area contributed by atoms with E-state index in [1.807, 2.05) is 12.1 Å². The van der Waals surface area contributed by atoms with Gasteiger partial charge >= 0.3 is 0 Å². The molecule has 0 bridgehead atoms. The molecule has 6 nitrogen and oxygen atoms in total. The van der Waals surface area contributed by atoms with Crippen LogP contribution in [0.15, 0.2) is 24.4 Å². The quantitative estimate of drug-likeness (QED) is 0.735. The second kappa shape index (κ2) is 5.65. The van der Waals surface area contributed by atoms with Crippen molar-refractivity contribution < 1.29 is 1.43 Å². The molecule has 1 fully saturated rings. The van der Waals surface area contributed by atoms with Crippen molar-refractivity contribution in [2.75, 3.05) is 5.32 Å². The van der Waals surface area contributed by atoms with E-state index in [2.05, 4.69) is 31.6 Å². The summed E-state index contributed by atoms with van der Waals surface area (Å²) in [5, 5.41) is 19.7. The largest absolute Gasteiger partial charge is 0.322 e. The zero-order valence-corrected chi connectivity index (χ0v) is 13.4. The standard InChI is InChI=1S/C15H11ClN6S.H2/c16-10-7-18-15(12-4-3-9(6-17)23-12)20-14(10)19-13-5-11(21-22-13)8-1-2-8;/h3-5,7-8H,1-2H2,(H2,18,19,20,21,22);1H. The lowest BCUT2D eigenvalue weighted by Crippen LogP contribution is -1.98. The smallest absolute Gasteiger partial charge is 0.171 e. The molecule has 2 N–H and O–H groups in total. The average molecular weight is 345 g/mol. The number of nitriles is 1. The second-order valence-corrected chi connectivity index (χ2v) is 6.76. The Morgan fingerprint density at radius 3 is 3.04 bits per heavy atom. The van der Waals surface area contributed by atoms with E-state index in [0.29, 0.717) is 33.3 Å². The van der Waals surface area contributed by atoms with Crippen molar-refractivity contribution in [2.45, 2.75) is 18.8 Å². The molecule has 4 rings (SSSR count). The Kier molecular flexibility index (Phi) is 3.48. The number of H-pyrrole nitrogens is 1. The van der Waals surface area contributed by atoms with Gasteiger partial charge < -0.3 is 5.32 Å². The lowest BCUT2D eigenvalue weighted by atomic mass is 10.3. The summed E-state index contributed by atoms with van der Waals surface area (Å²) < 4.78 is 0. The number of halogens is 1. The summed E-state index contributed by atoms with van der Waals surface area (Å²) in [6, 6.07) is 7.67. The van der Waals surface area contributed by atoms with E-state index in [1.165, 1.54) is 24.2 Å². The highest BCUT2D eigenvalue weighted by molar-refractivity contribution is 7.15. The van der Waals surface area contributed by atoms with Crippen LogP contribution in [-0.2, 0) is 0 Å². The summed E-state index contributed by atoms with van der Waals surface area (Å²) in [7, 11) is 0. The molecule has 0 unspecified atom stereocenters. The van der Waals surface area contributed by atoms with Crippen molar-refractivity contribution in [3.8, 4) is 16.8 Å². The minimum Gasteiger partial charge on any atom is -0.322 e. The SMILES string of the molecule is N#Cc1ccc(-c2ncc(Cl)c(Nc3cc(C4CC4)[nH]n3)n2)s1.[HH]. The van der Waals surface area contributed by atoms with E-state index in [4.69, 9.17) is 16.9 Å². The molecule has 1 aliphatic rings. The molecule has 8 heteroatoms. The predicted molar refractivity (Wildman–Crippen MR) is 91.0 cm³/mol. The van der Waals surface area contributed by atoms with E-state index >= 15 is 0 Å². The van der Waals surface area contributed by atoms with Gasteiger partial charge in [-0.25, -0.2) is 9.97 Å². The molecular formula is C15H13ClN6S. The van der Waals surface area contributed by atoms with Gasteiger partial charge in [-0.15, -0.1) is 11.3 Å². The fourth-order valence-electron chi connectivity index (χ4n) is 2.22. The molecule has 0 spiro atoms. The monoisotopic (exact) mass is 344 g/mol. The minimum absolute atomic E-state index is 0. The van der Waals surface area contributed by atoms with Crippen LogP contribution in [0.5, 0.6) is 0 Å². The second-order valence-electron chi connectivity index (χ2n) is 5.27. The molecule has 0 aromatic carbocycles. The van der Waals surface area contributed by atoms with Crippen LogP contribution in [-0.4, -0.2) is 20.2 Å². The molecule has 0 aliphatic heterocycles.